The van der Waals surface area contributed by atoms with E-state index in [0.717, 1.165) is 4.73 Å². The minimum absolute atomic E-state index is 1.01. The molecule has 0 unspecified atom stereocenters. The van der Waals surface area contributed by atoms with Crippen molar-refractivity contribution in [1.29, 1.82) is 0 Å². The number of halogens is 6. The molecule has 1 heterocycles. The van der Waals surface area contributed by atoms with Crippen LogP contribution in [-0.2, 0) is 10.1 Å². The van der Waals surface area contributed by atoms with Crippen molar-refractivity contribution in [3.05, 3.63) is 30.6 Å². The first-order valence-corrected chi connectivity index (χ1v) is 5.92. The molecule has 0 bridgehead atoms. The summed E-state index contributed by atoms with van der Waals surface area (Å²) in [5, 5.41) is 0. The minimum atomic E-state index is -6.09. The van der Waals surface area contributed by atoms with Crippen LogP contribution in [0.25, 0.3) is 0 Å². The van der Waals surface area contributed by atoms with Crippen LogP contribution in [0.3, 0.4) is 0 Å². The zero-order chi connectivity index (χ0) is 16.0. The van der Waals surface area contributed by atoms with Crippen LogP contribution in [0.4, 0.5) is 26.3 Å². The van der Waals surface area contributed by atoms with E-state index in [0.29, 0.717) is 0 Å². The third-order valence-electron chi connectivity index (χ3n) is 1.35. The highest BCUT2D eigenvalue weighted by atomic mass is 32.2. The molecule has 116 valence electrons. The number of hydrogen-bond acceptors (Lipinski definition) is 4. The van der Waals surface area contributed by atoms with Gasteiger partial charge in [-0.25, -0.2) is 8.42 Å². The van der Waals surface area contributed by atoms with Crippen molar-refractivity contribution in [3.63, 3.8) is 0 Å². The number of pyridine rings is 1. The summed E-state index contributed by atoms with van der Waals surface area (Å²) in [5.74, 6) is 0. The second-order valence-corrected chi connectivity index (χ2v) is 4.40. The molecule has 5 nitrogen and oxygen atoms in total. The van der Waals surface area contributed by atoms with Crippen LogP contribution in [0.2, 0.25) is 0 Å². The first kappa shape index (κ1) is 18.4. The SMILES string of the molecule is FC(F)(F)CO[n+]1ccccc1.O=S(=O)([O-])C(F)(F)F. The lowest BCUT2D eigenvalue weighted by molar-refractivity contribution is -0.894. The van der Waals surface area contributed by atoms with E-state index in [9.17, 15) is 26.3 Å². The molecule has 0 radical (unpaired) electrons. The third-order valence-corrected chi connectivity index (χ3v) is 1.92. The first-order chi connectivity index (χ1) is 8.83. The van der Waals surface area contributed by atoms with Crippen LogP contribution in [0, 0.1) is 0 Å². The van der Waals surface area contributed by atoms with Gasteiger partial charge in [0.2, 0.25) is 12.4 Å². The molecule has 1 rings (SSSR count). The topological polar surface area (TPSA) is 70.3 Å². The molecule has 0 aliphatic rings. The molecular weight excluding hydrogens is 320 g/mol. The fourth-order valence-corrected chi connectivity index (χ4v) is 0.617. The zero-order valence-electron chi connectivity index (χ0n) is 9.35. The third kappa shape index (κ3) is 8.53. The normalized spacial score (nSPS) is 12.3. The van der Waals surface area contributed by atoms with Crippen molar-refractivity contribution in [2.45, 2.75) is 11.7 Å². The maximum absolute atomic E-state index is 11.6. The van der Waals surface area contributed by atoms with Crippen LogP contribution in [0.5, 0.6) is 0 Å². The van der Waals surface area contributed by atoms with E-state index in [4.69, 9.17) is 13.0 Å². The monoisotopic (exact) mass is 327 g/mol. The predicted octanol–water partition coefficient (Wildman–Crippen LogP) is 1.02. The Bertz CT molecular complexity index is 498. The van der Waals surface area contributed by atoms with Crippen molar-refractivity contribution < 1.29 is 48.9 Å². The van der Waals surface area contributed by atoms with E-state index in [1.165, 1.54) is 12.4 Å². The van der Waals surface area contributed by atoms with Crippen LogP contribution in [-0.4, -0.2) is 31.3 Å². The van der Waals surface area contributed by atoms with Crippen molar-refractivity contribution in [2.75, 3.05) is 6.61 Å². The molecule has 0 amide bonds. The number of hydrogen-bond donors (Lipinski definition) is 0. The summed E-state index contributed by atoms with van der Waals surface area (Å²) in [6, 6.07) is 4.85. The van der Waals surface area contributed by atoms with Gasteiger partial charge in [0.1, 0.15) is 0 Å². The van der Waals surface area contributed by atoms with Crippen molar-refractivity contribution in [1.82, 2.24) is 0 Å². The molecular formula is C8H7F6NO4S. The van der Waals surface area contributed by atoms with Crippen LogP contribution >= 0.6 is 0 Å². The Hall–Kier alpha value is -1.56. The molecule has 0 aromatic carbocycles. The molecule has 0 aliphatic heterocycles. The first-order valence-electron chi connectivity index (χ1n) is 4.51. The maximum atomic E-state index is 11.6. The lowest BCUT2D eigenvalue weighted by atomic mass is 10.5. The Morgan fingerprint density at radius 3 is 1.70 bits per heavy atom. The molecule has 1 aromatic heterocycles. The van der Waals surface area contributed by atoms with Gasteiger partial charge in [-0.1, -0.05) is 6.07 Å². The molecule has 0 atom stereocenters. The van der Waals surface area contributed by atoms with Crippen LogP contribution in [0.1, 0.15) is 0 Å². The predicted molar refractivity (Wildman–Crippen MR) is 49.9 cm³/mol. The number of rotatable bonds is 2. The highest BCUT2D eigenvalue weighted by Gasteiger charge is 2.36. The van der Waals surface area contributed by atoms with Crippen molar-refractivity contribution in [2.24, 2.45) is 0 Å². The average Bonchev–Trinajstić information content (AvgIpc) is 2.25. The molecule has 20 heavy (non-hydrogen) atoms. The van der Waals surface area contributed by atoms with Gasteiger partial charge in [0.25, 0.3) is 6.61 Å². The molecule has 1 aromatic rings. The second kappa shape index (κ2) is 6.74. The Balaban J connectivity index is 0.000000396. The summed E-state index contributed by atoms with van der Waals surface area (Å²) < 4.78 is 94.7. The summed E-state index contributed by atoms with van der Waals surface area (Å²) in [7, 11) is -6.09. The summed E-state index contributed by atoms with van der Waals surface area (Å²) >= 11 is 0. The van der Waals surface area contributed by atoms with Gasteiger partial charge in [-0.15, -0.1) is 0 Å². The van der Waals surface area contributed by atoms with E-state index in [-0.39, 0.29) is 0 Å². The number of nitrogens with zero attached hydrogens (tertiary/aromatic N) is 1. The zero-order valence-corrected chi connectivity index (χ0v) is 10.2. The molecule has 0 aliphatic carbocycles. The summed E-state index contributed by atoms with van der Waals surface area (Å²) in [6.45, 7) is -1.28. The van der Waals surface area contributed by atoms with E-state index in [1.54, 1.807) is 18.2 Å². The van der Waals surface area contributed by atoms with Gasteiger partial charge < -0.3 is 4.55 Å². The fourth-order valence-electron chi connectivity index (χ4n) is 0.617. The quantitative estimate of drug-likeness (QED) is 0.352. The van der Waals surface area contributed by atoms with Gasteiger partial charge in [0.05, 0.1) is 0 Å². The largest absolute Gasteiger partial charge is 0.741 e. The van der Waals surface area contributed by atoms with Crippen LogP contribution < -0.4 is 9.57 Å². The van der Waals surface area contributed by atoms with E-state index in [2.05, 4.69) is 4.84 Å². The lowest BCUT2D eigenvalue weighted by Crippen LogP contribution is -2.45. The molecule has 0 N–H and O–H groups in total. The van der Waals surface area contributed by atoms with Crippen LogP contribution in [0.15, 0.2) is 30.6 Å². The van der Waals surface area contributed by atoms with E-state index < -0.39 is 28.4 Å². The summed E-state index contributed by atoms with van der Waals surface area (Å²) in [5.41, 5.74) is -5.65. The molecule has 0 saturated heterocycles. The van der Waals surface area contributed by atoms with Crippen molar-refractivity contribution >= 4 is 10.1 Å². The smallest absolute Gasteiger partial charge is 0.485 e. The van der Waals surface area contributed by atoms with Gasteiger partial charge in [0.15, 0.2) is 10.1 Å². The average molecular weight is 327 g/mol. The number of alkyl halides is 6. The standard InChI is InChI=1S/C7H7F3NO.CHF3O3S/c8-7(9,10)6-12-11-4-2-1-3-5-11;2-1(3,4)8(5,6)7/h1-5H,6H2;(H,5,6,7)/q+1;/p-1. The molecule has 0 fully saturated rings. The van der Waals surface area contributed by atoms with E-state index >= 15 is 0 Å². The molecule has 0 saturated carbocycles. The lowest BCUT2D eigenvalue weighted by Gasteiger charge is -2.08. The Morgan fingerprint density at radius 2 is 1.40 bits per heavy atom. The van der Waals surface area contributed by atoms with Gasteiger partial charge in [0, 0.05) is 16.9 Å². The number of aromatic nitrogens is 1. The highest BCUT2D eigenvalue weighted by molar-refractivity contribution is 7.86. The maximum Gasteiger partial charge on any atom is 0.485 e. The summed E-state index contributed by atoms with van der Waals surface area (Å²) in [6.07, 6.45) is -1.50. The van der Waals surface area contributed by atoms with Crippen molar-refractivity contribution in [3.8, 4) is 0 Å². The molecule has 12 heteroatoms. The summed E-state index contributed by atoms with van der Waals surface area (Å²) in [4.78, 5) is 4.36. The fraction of sp³-hybridized carbons (Fsp3) is 0.375. The molecule has 0 spiro atoms. The Morgan fingerprint density at radius 1 is 1.00 bits per heavy atom. The minimum Gasteiger partial charge on any atom is -0.741 e. The Kier molecular flexibility index (Phi) is 6.22. The van der Waals surface area contributed by atoms with Gasteiger partial charge in [-0.05, 0) is 0 Å². The Labute approximate surface area is 109 Å². The second-order valence-electron chi connectivity index (χ2n) is 3.02. The van der Waals surface area contributed by atoms with E-state index in [1.807, 2.05) is 0 Å². The van der Waals surface area contributed by atoms with Gasteiger partial charge in [-0.3, -0.25) is 4.84 Å². The highest BCUT2D eigenvalue weighted by Crippen LogP contribution is 2.20. The van der Waals surface area contributed by atoms with Gasteiger partial charge in [-0.2, -0.15) is 26.3 Å². The van der Waals surface area contributed by atoms with Gasteiger partial charge >= 0.3 is 11.7 Å².